The number of carboxylic acids is 1. The molecule has 2 rings (SSSR count). The number of carbonyl (C=O) groups is 2. The summed E-state index contributed by atoms with van der Waals surface area (Å²) in [4.78, 5) is 22.1. The molecule has 22 heavy (non-hydrogen) atoms. The fourth-order valence-corrected chi connectivity index (χ4v) is 2.49. The van der Waals surface area contributed by atoms with E-state index in [4.69, 9.17) is 9.84 Å². The Bertz CT molecular complexity index is 530. The molecule has 1 aromatic carbocycles. The average Bonchev–Trinajstić information content (AvgIpc) is 2.47. The minimum absolute atomic E-state index is 0.00559. The number of nitrogens with one attached hydrogen (secondary N) is 2. The first-order valence-electron chi connectivity index (χ1n) is 7.37. The molecule has 0 aliphatic heterocycles. The van der Waals surface area contributed by atoms with Gasteiger partial charge in [0.05, 0.1) is 6.42 Å². The Balaban J connectivity index is 1.78. The van der Waals surface area contributed by atoms with E-state index in [-0.39, 0.29) is 36.6 Å². The summed E-state index contributed by atoms with van der Waals surface area (Å²) in [5, 5.41) is 14.0. The zero-order chi connectivity index (χ0) is 16.2. The first kappa shape index (κ1) is 16.1. The molecule has 2 amide bonds. The van der Waals surface area contributed by atoms with Gasteiger partial charge in [0.2, 0.25) is 0 Å². The number of ether oxygens (including phenoxy) is 1. The number of carboxylic acid groups (broad SMARTS) is 1. The van der Waals surface area contributed by atoms with Gasteiger partial charge in [-0.15, -0.1) is 0 Å². The van der Waals surface area contributed by atoms with Crippen molar-refractivity contribution in [2.24, 2.45) is 5.41 Å². The quantitative estimate of drug-likeness (QED) is 0.750. The summed E-state index contributed by atoms with van der Waals surface area (Å²) in [6.07, 6.45) is 0.689. The van der Waals surface area contributed by atoms with E-state index < -0.39 is 5.97 Å². The van der Waals surface area contributed by atoms with Crippen molar-refractivity contribution in [2.45, 2.75) is 38.8 Å². The van der Waals surface area contributed by atoms with Crippen molar-refractivity contribution in [2.75, 3.05) is 6.54 Å². The van der Waals surface area contributed by atoms with Gasteiger partial charge in [-0.3, -0.25) is 4.79 Å². The highest BCUT2D eigenvalue weighted by Crippen LogP contribution is 2.43. The summed E-state index contributed by atoms with van der Waals surface area (Å²) in [5.41, 5.74) is -0.181. The Labute approximate surface area is 129 Å². The molecule has 1 saturated carbocycles. The molecular weight excluding hydrogens is 284 g/mol. The van der Waals surface area contributed by atoms with Gasteiger partial charge in [0, 0.05) is 24.4 Å². The van der Waals surface area contributed by atoms with Crippen molar-refractivity contribution in [3.05, 3.63) is 30.3 Å². The van der Waals surface area contributed by atoms with Crippen molar-refractivity contribution < 1.29 is 19.4 Å². The molecule has 1 aliphatic rings. The molecule has 0 aromatic heterocycles. The van der Waals surface area contributed by atoms with Crippen LogP contribution in [-0.2, 0) is 4.79 Å². The van der Waals surface area contributed by atoms with Crippen LogP contribution in [0.4, 0.5) is 4.79 Å². The number of aliphatic carboxylic acids is 1. The largest absolute Gasteiger partial charge is 0.490 e. The molecule has 3 N–H and O–H groups in total. The molecule has 0 saturated heterocycles. The first-order valence-corrected chi connectivity index (χ1v) is 7.37. The van der Waals surface area contributed by atoms with Gasteiger partial charge in [0.15, 0.2) is 0 Å². The van der Waals surface area contributed by atoms with Gasteiger partial charge in [-0.05, 0) is 12.1 Å². The van der Waals surface area contributed by atoms with E-state index in [1.165, 1.54) is 0 Å². The number of rotatable bonds is 6. The topological polar surface area (TPSA) is 87.7 Å². The predicted octanol–water partition coefficient (Wildman–Crippen LogP) is 2.01. The second kappa shape index (κ2) is 6.68. The normalized spacial score (nSPS) is 22.3. The molecule has 0 unspecified atom stereocenters. The zero-order valence-corrected chi connectivity index (χ0v) is 12.8. The van der Waals surface area contributed by atoms with Gasteiger partial charge in [-0.1, -0.05) is 32.0 Å². The molecule has 2 atom stereocenters. The molecule has 1 aliphatic carbocycles. The number of urea groups is 1. The molecule has 6 heteroatoms. The zero-order valence-electron chi connectivity index (χ0n) is 12.8. The standard InChI is InChI=1S/C16H22N2O4/c1-16(2)12(18-15(21)17-9-8-14(19)20)10-13(16)22-11-6-4-3-5-7-11/h3-7,12-13H,8-10H2,1-2H3,(H,19,20)(H2,17,18,21)/t12-,13+/m0/s1. The summed E-state index contributed by atoms with van der Waals surface area (Å²) < 4.78 is 5.94. The number of amides is 2. The van der Waals surface area contributed by atoms with E-state index in [0.717, 1.165) is 12.2 Å². The monoisotopic (exact) mass is 306 g/mol. The van der Waals surface area contributed by atoms with Crippen molar-refractivity contribution in [3.8, 4) is 5.75 Å². The molecule has 1 fully saturated rings. The number of para-hydroxylation sites is 1. The predicted molar refractivity (Wildman–Crippen MR) is 81.8 cm³/mol. The second-order valence-electron chi connectivity index (χ2n) is 6.07. The Morgan fingerprint density at radius 2 is 2.00 bits per heavy atom. The lowest BCUT2D eigenvalue weighted by atomic mass is 9.64. The molecule has 0 bridgehead atoms. The molecule has 120 valence electrons. The molecule has 0 heterocycles. The van der Waals surface area contributed by atoms with E-state index >= 15 is 0 Å². The smallest absolute Gasteiger partial charge is 0.315 e. The van der Waals surface area contributed by atoms with Crippen molar-refractivity contribution in [1.29, 1.82) is 0 Å². The Morgan fingerprint density at radius 3 is 2.59 bits per heavy atom. The van der Waals surface area contributed by atoms with Crippen LogP contribution in [0.25, 0.3) is 0 Å². The maximum Gasteiger partial charge on any atom is 0.315 e. The van der Waals surface area contributed by atoms with Crippen LogP contribution in [-0.4, -0.2) is 35.8 Å². The van der Waals surface area contributed by atoms with Crippen LogP contribution in [0.15, 0.2) is 30.3 Å². The van der Waals surface area contributed by atoms with Crippen LogP contribution in [0.1, 0.15) is 26.7 Å². The first-order chi connectivity index (χ1) is 10.4. The van der Waals surface area contributed by atoms with Gasteiger partial charge in [-0.25, -0.2) is 4.79 Å². The van der Waals surface area contributed by atoms with Crippen LogP contribution < -0.4 is 15.4 Å². The fourth-order valence-electron chi connectivity index (χ4n) is 2.49. The van der Waals surface area contributed by atoms with E-state index in [1.807, 2.05) is 44.2 Å². The van der Waals surface area contributed by atoms with Crippen molar-refractivity contribution in [3.63, 3.8) is 0 Å². The highest BCUT2D eigenvalue weighted by atomic mass is 16.5. The number of benzene rings is 1. The lowest BCUT2D eigenvalue weighted by Crippen LogP contribution is -2.64. The average molecular weight is 306 g/mol. The summed E-state index contributed by atoms with van der Waals surface area (Å²) in [6, 6.07) is 9.28. The lowest BCUT2D eigenvalue weighted by molar-refractivity contribution is -0.136. The van der Waals surface area contributed by atoms with Crippen LogP contribution in [0, 0.1) is 5.41 Å². The van der Waals surface area contributed by atoms with Gasteiger partial charge in [0.1, 0.15) is 11.9 Å². The van der Waals surface area contributed by atoms with Crippen molar-refractivity contribution in [1.82, 2.24) is 10.6 Å². The van der Waals surface area contributed by atoms with Gasteiger partial charge < -0.3 is 20.5 Å². The summed E-state index contributed by atoms with van der Waals surface area (Å²) in [5.74, 6) is -0.106. The Kier molecular flexibility index (Phi) is 4.90. The molecular formula is C16H22N2O4. The molecule has 0 radical (unpaired) electrons. The van der Waals surface area contributed by atoms with E-state index in [9.17, 15) is 9.59 Å². The van der Waals surface area contributed by atoms with E-state index in [2.05, 4.69) is 10.6 Å². The minimum atomic E-state index is -0.930. The van der Waals surface area contributed by atoms with Crippen LogP contribution in [0.5, 0.6) is 5.75 Å². The third-order valence-corrected chi connectivity index (χ3v) is 4.13. The SMILES string of the molecule is CC1(C)[C@@H](NC(=O)NCCC(=O)O)C[C@H]1Oc1ccccc1. The summed E-state index contributed by atoms with van der Waals surface area (Å²) in [7, 11) is 0. The lowest BCUT2D eigenvalue weighted by Gasteiger charge is -2.51. The van der Waals surface area contributed by atoms with E-state index in [1.54, 1.807) is 0 Å². The van der Waals surface area contributed by atoms with Gasteiger partial charge in [-0.2, -0.15) is 0 Å². The maximum atomic E-state index is 11.7. The molecule has 0 spiro atoms. The third kappa shape index (κ3) is 3.90. The summed E-state index contributed by atoms with van der Waals surface area (Å²) in [6.45, 7) is 4.22. The van der Waals surface area contributed by atoms with Crippen molar-refractivity contribution >= 4 is 12.0 Å². The van der Waals surface area contributed by atoms with E-state index in [0.29, 0.717) is 0 Å². The highest BCUT2D eigenvalue weighted by molar-refractivity contribution is 5.75. The highest BCUT2D eigenvalue weighted by Gasteiger charge is 2.50. The second-order valence-corrected chi connectivity index (χ2v) is 6.07. The number of hydrogen-bond acceptors (Lipinski definition) is 3. The van der Waals surface area contributed by atoms with Crippen LogP contribution in [0.2, 0.25) is 0 Å². The third-order valence-electron chi connectivity index (χ3n) is 4.13. The fraction of sp³-hybridized carbons (Fsp3) is 0.500. The Morgan fingerprint density at radius 1 is 1.32 bits per heavy atom. The van der Waals surface area contributed by atoms with Crippen LogP contribution in [0.3, 0.4) is 0 Å². The molecule has 6 nitrogen and oxygen atoms in total. The van der Waals surface area contributed by atoms with Crippen LogP contribution >= 0.6 is 0 Å². The summed E-state index contributed by atoms with van der Waals surface area (Å²) >= 11 is 0. The minimum Gasteiger partial charge on any atom is -0.490 e. The number of carbonyl (C=O) groups excluding carboxylic acids is 1. The van der Waals surface area contributed by atoms with Gasteiger partial charge >= 0.3 is 12.0 Å². The van der Waals surface area contributed by atoms with Gasteiger partial charge in [0.25, 0.3) is 0 Å². The molecule has 1 aromatic rings. The Hall–Kier alpha value is -2.24. The maximum absolute atomic E-state index is 11.7. The number of hydrogen-bond donors (Lipinski definition) is 3.